The largest absolute Gasteiger partial charge is 0.208 e. The second-order valence-corrected chi connectivity index (χ2v) is 13.2. The molecule has 0 N–H and O–H groups in total. The highest BCUT2D eigenvalue weighted by Crippen LogP contribution is 2.40. The number of thiophene rings is 1. The smallest absolute Gasteiger partial charge is 0.164 e. The van der Waals surface area contributed by atoms with Gasteiger partial charge in [-0.05, 0) is 73.4 Å². The zero-order valence-electron chi connectivity index (χ0n) is 25.2. The van der Waals surface area contributed by atoms with E-state index in [-0.39, 0.29) is 0 Å². The Bertz CT molecular complexity index is 2850. The third-order valence-corrected chi connectivity index (χ3v) is 10.4. The summed E-state index contributed by atoms with van der Waals surface area (Å²) in [5, 5.41) is 12.4. The molecule has 0 aliphatic heterocycles. The Balaban J connectivity index is 1.18. The molecule has 0 aliphatic carbocycles. The van der Waals surface area contributed by atoms with E-state index in [9.17, 15) is 0 Å². The summed E-state index contributed by atoms with van der Waals surface area (Å²) in [5.41, 5.74) is 2.89. The van der Waals surface area contributed by atoms with Crippen molar-refractivity contribution >= 4 is 74.6 Å². The third-order valence-electron chi connectivity index (χ3n) is 9.25. The van der Waals surface area contributed by atoms with E-state index in [0.29, 0.717) is 17.5 Å². The minimum absolute atomic E-state index is 0.661. The van der Waals surface area contributed by atoms with Crippen LogP contribution in [0.25, 0.3) is 97.4 Å². The van der Waals surface area contributed by atoms with Crippen molar-refractivity contribution in [2.45, 2.75) is 0 Å². The Morgan fingerprint density at radius 3 is 1.72 bits per heavy atom. The van der Waals surface area contributed by atoms with Crippen LogP contribution < -0.4 is 0 Å². The van der Waals surface area contributed by atoms with Crippen LogP contribution in [0.1, 0.15) is 0 Å². The molecule has 0 saturated heterocycles. The van der Waals surface area contributed by atoms with E-state index in [0.717, 1.165) is 27.5 Å². The maximum absolute atomic E-state index is 5.06. The lowest BCUT2D eigenvalue weighted by Crippen LogP contribution is -2.00. The summed E-state index contributed by atoms with van der Waals surface area (Å²) in [4.78, 5) is 15.0. The monoisotopic (exact) mass is 615 g/mol. The molecule has 47 heavy (non-hydrogen) atoms. The van der Waals surface area contributed by atoms with Gasteiger partial charge in [0.25, 0.3) is 0 Å². The average Bonchev–Trinajstić information content (AvgIpc) is 3.50. The molecule has 0 spiro atoms. The van der Waals surface area contributed by atoms with Gasteiger partial charge in [0, 0.05) is 36.9 Å². The molecule has 0 bridgehead atoms. The lowest BCUT2D eigenvalue weighted by molar-refractivity contribution is 1.08. The number of nitrogens with zero attached hydrogens (tertiary/aromatic N) is 3. The zero-order chi connectivity index (χ0) is 30.9. The number of aromatic nitrogens is 3. The molecule has 3 nitrogen and oxygen atoms in total. The van der Waals surface area contributed by atoms with Crippen LogP contribution in [-0.4, -0.2) is 15.0 Å². The minimum Gasteiger partial charge on any atom is -0.208 e. The van der Waals surface area contributed by atoms with Crippen LogP contribution in [0.15, 0.2) is 152 Å². The number of hydrogen-bond donors (Lipinski definition) is 0. The first-order valence-corrected chi connectivity index (χ1v) is 16.6. The topological polar surface area (TPSA) is 38.7 Å². The first-order chi connectivity index (χ1) is 23.2. The Kier molecular flexibility index (Phi) is 5.74. The molecule has 218 valence electrons. The highest BCUT2D eigenvalue weighted by molar-refractivity contribution is 7.25. The normalized spacial score (nSPS) is 11.8. The molecule has 0 amide bonds. The standard InChI is InChI=1S/C43H25N3S/c1-2-9-28(10-3-1)41-44-42(32-19-14-26-8-4-5-11-29(26)22-32)46-43(45-41)33-20-21-34-30(23-33)17-15-27-16-18-31-24-39-37(25-36(31)40(27)34)35-12-6-7-13-38(35)47-39/h1-25H. The number of fused-ring (bicyclic) bond motifs is 9. The van der Waals surface area contributed by atoms with Gasteiger partial charge in [0.2, 0.25) is 0 Å². The van der Waals surface area contributed by atoms with Crippen molar-refractivity contribution in [2.24, 2.45) is 0 Å². The van der Waals surface area contributed by atoms with Gasteiger partial charge in [-0.1, -0.05) is 121 Å². The van der Waals surface area contributed by atoms with Crippen molar-refractivity contribution < 1.29 is 0 Å². The molecular formula is C43H25N3S. The van der Waals surface area contributed by atoms with Crippen LogP contribution >= 0.6 is 11.3 Å². The van der Waals surface area contributed by atoms with Crippen molar-refractivity contribution in [3.63, 3.8) is 0 Å². The molecule has 0 aliphatic rings. The van der Waals surface area contributed by atoms with Gasteiger partial charge in [-0.25, -0.2) is 15.0 Å². The molecule has 0 atom stereocenters. The Morgan fingerprint density at radius 2 is 0.915 bits per heavy atom. The fraction of sp³-hybridized carbons (Fsp3) is 0. The predicted octanol–water partition coefficient (Wildman–Crippen LogP) is 11.9. The molecule has 4 heteroatoms. The van der Waals surface area contributed by atoms with Crippen molar-refractivity contribution in [3.05, 3.63) is 152 Å². The van der Waals surface area contributed by atoms with Gasteiger partial charge in [-0.3, -0.25) is 0 Å². The highest BCUT2D eigenvalue weighted by Gasteiger charge is 2.15. The van der Waals surface area contributed by atoms with Gasteiger partial charge < -0.3 is 0 Å². The molecule has 10 aromatic rings. The number of benzene rings is 8. The minimum atomic E-state index is 0.661. The summed E-state index contributed by atoms with van der Waals surface area (Å²) in [6, 6.07) is 54.0. The average molecular weight is 616 g/mol. The first-order valence-electron chi connectivity index (χ1n) is 15.8. The van der Waals surface area contributed by atoms with Crippen molar-refractivity contribution in [3.8, 4) is 34.2 Å². The lowest BCUT2D eigenvalue weighted by atomic mass is 9.94. The summed E-state index contributed by atoms with van der Waals surface area (Å²) in [5.74, 6) is 1.99. The second-order valence-electron chi connectivity index (χ2n) is 12.1. The lowest BCUT2D eigenvalue weighted by Gasteiger charge is -2.11. The third kappa shape index (κ3) is 4.30. The highest BCUT2D eigenvalue weighted by atomic mass is 32.1. The van der Waals surface area contributed by atoms with Gasteiger partial charge in [-0.15, -0.1) is 11.3 Å². The summed E-state index contributed by atoms with van der Waals surface area (Å²) < 4.78 is 2.65. The molecule has 0 unspecified atom stereocenters. The molecule has 8 aromatic carbocycles. The molecule has 10 rings (SSSR count). The molecule has 0 fully saturated rings. The quantitative estimate of drug-likeness (QED) is 0.186. The fourth-order valence-electron chi connectivity index (χ4n) is 6.93. The summed E-state index contributed by atoms with van der Waals surface area (Å²) in [6.45, 7) is 0. The first kappa shape index (κ1) is 26.3. The van der Waals surface area contributed by atoms with Crippen molar-refractivity contribution in [1.29, 1.82) is 0 Å². The van der Waals surface area contributed by atoms with Crippen LogP contribution in [-0.2, 0) is 0 Å². The Morgan fingerprint density at radius 1 is 0.319 bits per heavy atom. The van der Waals surface area contributed by atoms with Crippen LogP contribution in [0.4, 0.5) is 0 Å². The van der Waals surface area contributed by atoms with E-state index in [1.54, 1.807) is 0 Å². The van der Waals surface area contributed by atoms with Crippen molar-refractivity contribution in [2.75, 3.05) is 0 Å². The summed E-state index contributed by atoms with van der Waals surface area (Å²) >= 11 is 1.87. The maximum atomic E-state index is 5.06. The fourth-order valence-corrected chi connectivity index (χ4v) is 8.06. The van der Waals surface area contributed by atoms with Gasteiger partial charge in [0.1, 0.15) is 0 Å². The second kappa shape index (κ2) is 10.3. The van der Waals surface area contributed by atoms with E-state index in [1.807, 2.05) is 29.5 Å². The van der Waals surface area contributed by atoms with Gasteiger partial charge >= 0.3 is 0 Å². The van der Waals surface area contributed by atoms with E-state index >= 15 is 0 Å². The maximum Gasteiger partial charge on any atom is 0.164 e. The van der Waals surface area contributed by atoms with Crippen LogP contribution in [0.3, 0.4) is 0 Å². The molecular weight excluding hydrogens is 591 g/mol. The molecule has 0 radical (unpaired) electrons. The van der Waals surface area contributed by atoms with E-state index < -0.39 is 0 Å². The molecule has 2 heterocycles. The molecule has 0 saturated carbocycles. The van der Waals surface area contributed by atoms with Crippen LogP contribution in [0.2, 0.25) is 0 Å². The van der Waals surface area contributed by atoms with Crippen LogP contribution in [0, 0.1) is 0 Å². The van der Waals surface area contributed by atoms with E-state index in [4.69, 9.17) is 15.0 Å². The zero-order valence-corrected chi connectivity index (χ0v) is 26.0. The number of hydrogen-bond acceptors (Lipinski definition) is 4. The van der Waals surface area contributed by atoms with Gasteiger partial charge in [-0.2, -0.15) is 0 Å². The molecule has 2 aromatic heterocycles. The van der Waals surface area contributed by atoms with Crippen molar-refractivity contribution in [1.82, 2.24) is 15.0 Å². The Labute approximate surface area is 274 Å². The summed E-state index contributed by atoms with van der Waals surface area (Å²) in [7, 11) is 0. The van der Waals surface area contributed by atoms with E-state index in [1.165, 1.54) is 52.5 Å². The number of rotatable bonds is 3. The Hall–Kier alpha value is -5.97. The summed E-state index contributed by atoms with van der Waals surface area (Å²) in [6.07, 6.45) is 0. The van der Waals surface area contributed by atoms with Gasteiger partial charge in [0.15, 0.2) is 17.5 Å². The predicted molar refractivity (Wildman–Crippen MR) is 199 cm³/mol. The SMILES string of the molecule is c1ccc(-c2nc(-c3ccc4ccccc4c3)nc(-c3ccc4c(ccc5ccc6cc7sc8ccccc8c7cc6c54)c3)n2)cc1. The van der Waals surface area contributed by atoms with Gasteiger partial charge in [0.05, 0.1) is 0 Å². The van der Waals surface area contributed by atoms with Crippen LogP contribution in [0.5, 0.6) is 0 Å². The van der Waals surface area contributed by atoms with E-state index in [2.05, 4.69) is 133 Å².